The number of anilines is 1. The van der Waals surface area contributed by atoms with Crippen molar-refractivity contribution in [3.8, 4) is 11.3 Å². The van der Waals surface area contributed by atoms with Crippen LogP contribution < -0.4 is 21.7 Å². The molecule has 0 saturated carbocycles. The first-order valence-corrected chi connectivity index (χ1v) is 11.4. The Morgan fingerprint density at radius 1 is 1.24 bits per heavy atom. The Kier molecular flexibility index (Phi) is 7.82. The highest BCUT2D eigenvalue weighted by atomic mass is 16.5. The first-order valence-electron chi connectivity index (χ1n) is 11.4. The average Bonchev–Trinajstić information content (AvgIpc) is 2.85. The number of nitrogens with two attached hydrogens (primary N) is 1. The van der Waals surface area contributed by atoms with Gasteiger partial charge in [-0.05, 0) is 31.5 Å². The van der Waals surface area contributed by atoms with Crippen LogP contribution in [0, 0.1) is 0 Å². The number of ether oxygens (including phenoxy) is 1. The number of piperidine rings is 1. The molecule has 3 heterocycles. The Labute approximate surface area is 193 Å². The van der Waals surface area contributed by atoms with Gasteiger partial charge >= 0.3 is 0 Å². The van der Waals surface area contributed by atoms with Crippen molar-refractivity contribution >= 4 is 17.6 Å². The summed E-state index contributed by atoms with van der Waals surface area (Å²) >= 11 is 0. The van der Waals surface area contributed by atoms with Crippen LogP contribution in [0.25, 0.3) is 11.3 Å². The fourth-order valence-electron chi connectivity index (χ4n) is 4.01. The summed E-state index contributed by atoms with van der Waals surface area (Å²) in [4.78, 5) is 36.3. The Bertz CT molecular complexity index is 972. The molecule has 1 aromatic heterocycles. The first-order chi connectivity index (χ1) is 16.1. The van der Waals surface area contributed by atoms with Gasteiger partial charge in [0.05, 0.1) is 25.1 Å². The molecule has 0 radical (unpaired) electrons. The van der Waals surface area contributed by atoms with Gasteiger partial charge in [0.25, 0.3) is 11.8 Å². The summed E-state index contributed by atoms with van der Waals surface area (Å²) in [6, 6.07) is 7.16. The van der Waals surface area contributed by atoms with Gasteiger partial charge in [-0.3, -0.25) is 14.5 Å². The van der Waals surface area contributed by atoms with Gasteiger partial charge in [0.15, 0.2) is 11.5 Å². The molecule has 0 spiro atoms. The minimum Gasteiger partial charge on any atom is -0.382 e. The number of benzene rings is 1. The second-order valence-electron chi connectivity index (χ2n) is 8.30. The van der Waals surface area contributed by atoms with Crippen LogP contribution in [0.5, 0.6) is 0 Å². The van der Waals surface area contributed by atoms with E-state index in [4.69, 9.17) is 10.5 Å². The molecule has 33 heavy (non-hydrogen) atoms. The Hall–Kier alpha value is -3.08. The lowest BCUT2D eigenvalue weighted by molar-refractivity contribution is 0.0383. The van der Waals surface area contributed by atoms with E-state index in [1.54, 1.807) is 18.2 Å². The van der Waals surface area contributed by atoms with E-state index in [9.17, 15) is 9.59 Å². The van der Waals surface area contributed by atoms with E-state index in [0.29, 0.717) is 23.4 Å². The van der Waals surface area contributed by atoms with E-state index >= 15 is 0 Å². The largest absolute Gasteiger partial charge is 0.382 e. The number of morpholine rings is 1. The maximum atomic E-state index is 12.7. The second kappa shape index (κ2) is 11.2. The van der Waals surface area contributed by atoms with E-state index in [-0.39, 0.29) is 29.4 Å². The van der Waals surface area contributed by atoms with Gasteiger partial charge < -0.3 is 26.4 Å². The lowest BCUT2D eigenvalue weighted by Crippen LogP contribution is -2.46. The standard InChI is InChI=1S/C23H31N7O3/c24-21-20(23(32)28-18-5-2-6-25-14-18)29-19(15-27-21)16-3-1-4-17(13-16)22(31)26-7-8-30-9-11-33-12-10-30/h1,3-4,13,15,18,25H,2,5-12,14H2,(H2,24,27)(H,26,31)(H,28,32). The van der Waals surface area contributed by atoms with E-state index < -0.39 is 0 Å². The Balaban J connectivity index is 1.41. The number of carbonyl (C=O) groups is 2. The predicted octanol–water partition coefficient (Wildman–Crippen LogP) is 0.270. The van der Waals surface area contributed by atoms with Crippen molar-refractivity contribution in [3.63, 3.8) is 0 Å². The zero-order valence-electron chi connectivity index (χ0n) is 18.7. The smallest absolute Gasteiger partial charge is 0.274 e. The highest BCUT2D eigenvalue weighted by Gasteiger charge is 2.20. The van der Waals surface area contributed by atoms with Crippen LogP contribution in [0.2, 0.25) is 0 Å². The molecule has 2 aliphatic rings. The maximum absolute atomic E-state index is 12.7. The molecular weight excluding hydrogens is 422 g/mol. The van der Waals surface area contributed by atoms with E-state index in [2.05, 4.69) is 30.8 Å². The Morgan fingerprint density at radius 2 is 2.09 bits per heavy atom. The van der Waals surface area contributed by atoms with Crippen LogP contribution in [0.15, 0.2) is 30.5 Å². The van der Waals surface area contributed by atoms with Crippen molar-refractivity contribution in [1.82, 2.24) is 30.8 Å². The van der Waals surface area contributed by atoms with Crippen molar-refractivity contribution in [1.29, 1.82) is 0 Å². The quantitative estimate of drug-likeness (QED) is 0.469. The van der Waals surface area contributed by atoms with Crippen LogP contribution in [0.4, 0.5) is 5.82 Å². The van der Waals surface area contributed by atoms with Gasteiger partial charge in [0, 0.05) is 49.9 Å². The summed E-state index contributed by atoms with van der Waals surface area (Å²) in [7, 11) is 0. The highest BCUT2D eigenvalue weighted by molar-refractivity contribution is 5.97. The summed E-state index contributed by atoms with van der Waals surface area (Å²) in [5.41, 5.74) is 7.74. The minimum atomic E-state index is -0.340. The molecule has 5 N–H and O–H groups in total. The van der Waals surface area contributed by atoms with Crippen LogP contribution >= 0.6 is 0 Å². The third kappa shape index (κ3) is 6.25. The monoisotopic (exact) mass is 453 g/mol. The zero-order chi connectivity index (χ0) is 23.0. The molecule has 10 nitrogen and oxygen atoms in total. The molecule has 4 rings (SSSR count). The third-order valence-corrected chi connectivity index (χ3v) is 5.89. The number of carbonyl (C=O) groups excluding carboxylic acids is 2. The number of amides is 2. The van der Waals surface area contributed by atoms with Gasteiger partial charge in [0.2, 0.25) is 0 Å². The number of aromatic nitrogens is 2. The van der Waals surface area contributed by atoms with Crippen molar-refractivity contribution < 1.29 is 14.3 Å². The van der Waals surface area contributed by atoms with Crippen molar-refractivity contribution in [2.75, 3.05) is 58.2 Å². The number of rotatable bonds is 7. The maximum Gasteiger partial charge on any atom is 0.274 e. The summed E-state index contributed by atoms with van der Waals surface area (Å²) in [6.07, 6.45) is 3.44. The minimum absolute atomic E-state index is 0.0422. The molecule has 0 aliphatic carbocycles. The van der Waals surface area contributed by atoms with Crippen molar-refractivity contribution in [3.05, 3.63) is 41.7 Å². The number of nitrogen functional groups attached to an aromatic ring is 1. The SMILES string of the molecule is Nc1ncc(-c2cccc(C(=O)NCCN3CCOCC3)c2)nc1C(=O)NC1CCCNC1. The Morgan fingerprint density at radius 3 is 2.88 bits per heavy atom. The molecule has 1 atom stereocenters. The molecule has 176 valence electrons. The first kappa shape index (κ1) is 23.1. The van der Waals surface area contributed by atoms with Gasteiger partial charge in [0.1, 0.15) is 0 Å². The van der Waals surface area contributed by atoms with Gasteiger partial charge in [-0.2, -0.15) is 0 Å². The predicted molar refractivity (Wildman–Crippen MR) is 125 cm³/mol. The van der Waals surface area contributed by atoms with E-state index in [1.807, 2.05) is 6.07 Å². The normalized spacial score (nSPS) is 19.1. The molecule has 0 bridgehead atoms. The van der Waals surface area contributed by atoms with Gasteiger partial charge in [-0.1, -0.05) is 12.1 Å². The lowest BCUT2D eigenvalue weighted by atomic mass is 10.1. The van der Waals surface area contributed by atoms with E-state index in [0.717, 1.165) is 58.8 Å². The third-order valence-electron chi connectivity index (χ3n) is 5.89. The van der Waals surface area contributed by atoms with Crippen molar-refractivity contribution in [2.24, 2.45) is 0 Å². The average molecular weight is 454 g/mol. The van der Waals surface area contributed by atoms with Crippen LogP contribution in [-0.2, 0) is 4.74 Å². The summed E-state index contributed by atoms with van der Waals surface area (Å²) in [5, 5.41) is 9.20. The molecule has 2 amide bonds. The molecular formula is C23H31N7O3. The molecule has 2 aliphatic heterocycles. The van der Waals surface area contributed by atoms with Crippen LogP contribution in [0.1, 0.15) is 33.7 Å². The van der Waals surface area contributed by atoms with Gasteiger partial charge in [-0.15, -0.1) is 0 Å². The lowest BCUT2D eigenvalue weighted by Gasteiger charge is -2.26. The molecule has 2 fully saturated rings. The van der Waals surface area contributed by atoms with Crippen LogP contribution in [0.3, 0.4) is 0 Å². The molecule has 2 aromatic rings. The second-order valence-corrected chi connectivity index (χ2v) is 8.30. The molecule has 1 aromatic carbocycles. The summed E-state index contributed by atoms with van der Waals surface area (Å²) in [6.45, 7) is 6.26. The summed E-state index contributed by atoms with van der Waals surface area (Å²) < 4.78 is 5.34. The molecule has 2 saturated heterocycles. The zero-order valence-corrected chi connectivity index (χ0v) is 18.7. The number of hydrogen-bond donors (Lipinski definition) is 4. The van der Waals surface area contributed by atoms with E-state index in [1.165, 1.54) is 6.20 Å². The van der Waals surface area contributed by atoms with Gasteiger partial charge in [-0.25, -0.2) is 9.97 Å². The number of hydrogen-bond acceptors (Lipinski definition) is 8. The fraction of sp³-hybridized carbons (Fsp3) is 0.478. The number of nitrogens with one attached hydrogen (secondary N) is 3. The fourth-order valence-corrected chi connectivity index (χ4v) is 4.01. The summed E-state index contributed by atoms with van der Waals surface area (Å²) in [5.74, 6) is -0.416. The molecule has 1 unspecified atom stereocenters. The van der Waals surface area contributed by atoms with Crippen molar-refractivity contribution in [2.45, 2.75) is 18.9 Å². The molecule has 10 heteroatoms. The highest BCUT2D eigenvalue weighted by Crippen LogP contribution is 2.20. The van der Waals surface area contributed by atoms with Crippen LogP contribution in [-0.4, -0.2) is 85.2 Å². The topological polar surface area (TPSA) is 134 Å². The number of nitrogens with zero attached hydrogens (tertiary/aromatic N) is 3.